The molecule has 3 N–H and O–H groups in total. The van der Waals surface area contributed by atoms with E-state index < -0.39 is 0 Å². The van der Waals surface area contributed by atoms with Gasteiger partial charge in [-0.3, -0.25) is 14.0 Å². The topological polar surface area (TPSA) is 120 Å². The minimum absolute atomic E-state index is 0.0496. The minimum atomic E-state index is -0.0496. The van der Waals surface area contributed by atoms with E-state index in [1.54, 1.807) is 6.20 Å². The van der Waals surface area contributed by atoms with Crippen molar-refractivity contribution in [2.45, 2.75) is 32.2 Å². The first kappa shape index (κ1) is 24.7. The van der Waals surface area contributed by atoms with Crippen LogP contribution in [0.2, 0.25) is 0 Å². The number of amides is 1. The van der Waals surface area contributed by atoms with E-state index in [-0.39, 0.29) is 11.7 Å². The summed E-state index contributed by atoms with van der Waals surface area (Å²) in [5, 5.41) is 7.59. The summed E-state index contributed by atoms with van der Waals surface area (Å²) in [6.07, 6.45) is 8.10. The molecule has 0 bridgehead atoms. The van der Waals surface area contributed by atoms with Crippen LogP contribution in [0.1, 0.15) is 32.2 Å². The number of nitrogens with one attached hydrogen (secondary N) is 1. The summed E-state index contributed by atoms with van der Waals surface area (Å²) >= 11 is 0. The van der Waals surface area contributed by atoms with Crippen molar-refractivity contribution < 1.29 is 4.79 Å². The SMILES string of the molecule is CCC(=O)Nc1cccc(-n2c(-c3nc(-c4cnn(C5CCN(C)CC5)c4)cnc3N)nc3ccccc32)c1. The highest BCUT2D eigenvalue weighted by Gasteiger charge is 2.22. The van der Waals surface area contributed by atoms with E-state index in [4.69, 9.17) is 15.7 Å². The van der Waals surface area contributed by atoms with Gasteiger partial charge in [-0.2, -0.15) is 5.10 Å². The predicted octanol–water partition coefficient (Wildman–Crippen LogP) is 4.54. The first-order valence-electron chi connectivity index (χ1n) is 13.2. The Balaban J connectivity index is 1.42. The molecule has 1 saturated heterocycles. The molecule has 198 valence electrons. The number of aromatic nitrogens is 6. The summed E-state index contributed by atoms with van der Waals surface area (Å²) in [6.45, 7) is 3.95. The zero-order valence-corrected chi connectivity index (χ0v) is 22.1. The standard InChI is InChI=1S/C29H31N9O/c1-3-26(39)33-20-7-6-8-22(15-20)38-25-10-5-4-9-23(25)35-29(38)27-28(30)31-17-24(34-27)19-16-32-37(18-19)21-11-13-36(2)14-12-21/h4-10,15-18,21H,3,11-14H2,1-2H3,(H2,30,31)(H,33,39). The molecule has 39 heavy (non-hydrogen) atoms. The fourth-order valence-corrected chi connectivity index (χ4v) is 5.05. The highest BCUT2D eigenvalue weighted by Crippen LogP contribution is 2.32. The van der Waals surface area contributed by atoms with Gasteiger partial charge in [-0.1, -0.05) is 25.1 Å². The second kappa shape index (κ2) is 10.3. The molecule has 0 radical (unpaired) electrons. The summed E-state index contributed by atoms with van der Waals surface area (Å²) < 4.78 is 4.05. The molecule has 1 aliphatic heterocycles. The molecule has 0 aliphatic carbocycles. The molecule has 0 saturated carbocycles. The molecule has 0 atom stereocenters. The molecule has 10 heteroatoms. The van der Waals surface area contributed by atoms with Crippen molar-refractivity contribution in [1.29, 1.82) is 0 Å². The lowest BCUT2D eigenvalue weighted by Gasteiger charge is -2.28. The van der Waals surface area contributed by atoms with Crippen LogP contribution >= 0.6 is 0 Å². The van der Waals surface area contributed by atoms with E-state index in [1.165, 1.54) is 0 Å². The lowest BCUT2D eigenvalue weighted by Crippen LogP contribution is -2.31. The summed E-state index contributed by atoms with van der Waals surface area (Å²) in [5.74, 6) is 0.810. The Morgan fingerprint density at radius 2 is 1.90 bits per heavy atom. The Morgan fingerprint density at radius 1 is 1.08 bits per heavy atom. The number of piperidine rings is 1. The zero-order chi connectivity index (χ0) is 26.9. The Bertz CT molecular complexity index is 1650. The number of hydrogen-bond acceptors (Lipinski definition) is 7. The van der Waals surface area contributed by atoms with Crippen molar-refractivity contribution in [1.82, 2.24) is 34.2 Å². The quantitative estimate of drug-likeness (QED) is 0.337. The Morgan fingerprint density at radius 3 is 2.72 bits per heavy atom. The van der Waals surface area contributed by atoms with Crippen LogP contribution in [0.3, 0.4) is 0 Å². The summed E-state index contributed by atoms with van der Waals surface area (Å²) in [6, 6.07) is 15.9. The Hall–Kier alpha value is -4.57. The number of anilines is 2. The van der Waals surface area contributed by atoms with E-state index >= 15 is 0 Å². The van der Waals surface area contributed by atoms with Crippen LogP contribution in [0, 0.1) is 0 Å². The van der Waals surface area contributed by atoms with E-state index in [9.17, 15) is 4.79 Å². The number of rotatable bonds is 6. The van der Waals surface area contributed by atoms with Crippen molar-refractivity contribution in [3.8, 4) is 28.5 Å². The number of nitrogens with two attached hydrogens (primary N) is 1. The molecule has 1 amide bonds. The van der Waals surface area contributed by atoms with Gasteiger partial charge in [-0.25, -0.2) is 15.0 Å². The fraction of sp³-hybridized carbons (Fsp3) is 0.276. The highest BCUT2D eigenvalue weighted by molar-refractivity contribution is 5.91. The number of imidazole rings is 1. The summed E-state index contributed by atoms with van der Waals surface area (Å²) in [4.78, 5) is 28.7. The van der Waals surface area contributed by atoms with Gasteiger partial charge in [0.15, 0.2) is 11.6 Å². The van der Waals surface area contributed by atoms with Gasteiger partial charge in [0.1, 0.15) is 5.69 Å². The number of carbonyl (C=O) groups is 1. The molecule has 0 unspecified atom stereocenters. The van der Waals surface area contributed by atoms with Crippen LogP contribution in [0.15, 0.2) is 67.1 Å². The maximum atomic E-state index is 12.0. The Labute approximate surface area is 226 Å². The number of likely N-dealkylation sites (tertiary alicyclic amines) is 1. The third-order valence-electron chi connectivity index (χ3n) is 7.24. The van der Waals surface area contributed by atoms with Gasteiger partial charge in [-0.15, -0.1) is 0 Å². The van der Waals surface area contributed by atoms with Crippen LogP contribution in [0.25, 0.3) is 39.5 Å². The lowest BCUT2D eigenvalue weighted by atomic mass is 10.1. The van der Waals surface area contributed by atoms with Gasteiger partial charge in [0.25, 0.3) is 0 Å². The van der Waals surface area contributed by atoms with Crippen LogP contribution in [-0.4, -0.2) is 60.2 Å². The van der Waals surface area contributed by atoms with Crippen molar-refractivity contribution in [2.24, 2.45) is 0 Å². The lowest BCUT2D eigenvalue weighted by molar-refractivity contribution is -0.115. The molecule has 5 aromatic rings. The molecular formula is C29H31N9O. The average Bonchev–Trinajstić information content (AvgIpc) is 3.59. The molecular weight excluding hydrogens is 490 g/mol. The smallest absolute Gasteiger partial charge is 0.224 e. The number of fused-ring (bicyclic) bond motifs is 1. The molecule has 1 fully saturated rings. The van der Waals surface area contributed by atoms with Crippen molar-refractivity contribution in [3.05, 3.63) is 67.1 Å². The summed E-state index contributed by atoms with van der Waals surface area (Å²) in [7, 11) is 2.15. The number of benzene rings is 2. The molecule has 3 aromatic heterocycles. The van der Waals surface area contributed by atoms with E-state index in [2.05, 4.69) is 27.3 Å². The highest BCUT2D eigenvalue weighted by atomic mass is 16.1. The maximum absolute atomic E-state index is 12.0. The van der Waals surface area contributed by atoms with Gasteiger partial charge in [0.05, 0.1) is 35.2 Å². The van der Waals surface area contributed by atoms with Crippen LogP contribution < -0.4 is 11.1 Å². The molecule has 2 aromatic carbocycles. The van der Waals surface area contributed by atoms with Gasteiger partial charge >= 0.3 is 0 Å². The van der Waals surface area contributed by atoms with Crippen LogP contribution in [-0.2, 0) is 4.79 Å². The number of para-hydroxylation sites is 2. The second-order valence-corrected chi connectivity index (χ2v) is 9.94. The van der Waals surface area contributed by atoms with Crippen LogP contribution in [0.5, 0.6) is 0 Å². The van der Waals surface area contributed by atoms with Gasteiger partial charge < -0.3 is 16.0 Å². The molecule has 0 spiro atoms. The second-order valence-electron chi connectivity index (χ2n) is 9.94. The zero-order valence-electron chi connectivity index (χ0n) is 22.1. The normalized spacial score (nSPS) is 14.6. The third-order valence-corrected chi connectivity index (χ3v) is 7.24. The van der Waals surface area contributed by atoms with E-state index in [1.807, 2.05) is 77.1 Å². The molecule has 4 heterocycles. The Kier molecular flexibility index (Phi) is 6.54. The monoisotopic (exact) mass is 521 g/mol. The van der Waals surface area contributed by atoms with Crippen molar-refractivity contribution in [2.75, 3.05) is 31.2 Å². The third kappa shape index (κ3) is 4.86. The first-order valence-corrected chi connectivity index (χ1v) is 13.2. The predicted molar refractivity (Wildman–Crippen MR) is 152 cm³/mol. The van der Waals surface area contributed by atoms with Gasteiger partial charge in [0.2, 0.25) is 5.91 Å². The molecule has 10 nitrogen and oxygen atoms in total. The van der Waals surface area contributed by atoms with E-state index in [0.717, 1.165) is 48.2 Å². The molecule has 6 rings (SSSR count). The van der Waals surface area contributed by atoms with E-state index in [0.29, 0.717) is 35.4 Å². The van der Waals surface area contributed by atoms with Crippen molar-refractivity contribution in [3.63, 3.8) is 0 Å². The number of carbonyl (C=O) groups excluding carboxylic acids is 1. The van der Waals surface area contributed by atoms with Gasteiger partial charge in [0, 0.05) is 29.6 Å². The number of nitrogens with zero attached hydrogens (tertiary/aromatic N) is 7. The van der Waals surface area contributed by atoms with Gasteiger partial charge in [-0.05, 0) is 63.3 Å². The number of nitrogen functional groups attached to an aromatic ring is 1. The van der Waals surface area contributed by atoms with Crippen molar-refractivity contribution >= 4 is 28.4 Å². The summed E-state index contributed by atoms with van der Waals surface area (Å²) in [5.41, 5.74) is 11.7. The van der Waals surface area contributed by atoms with Crippen LogP contribution in [0.4, 0.5) is 11.5 Å². The molecule has 1 aliphatic rings. The maximum Gasteiger partial charge on any atom is 0.224 e. The largest absolute Gasteiger partial charge is 0.382 e. The fourth-order valence-electron chi connectivity index (χ4n) is 5.05. The minimum Gasteiger partial charge on any atom is -0.382 e. The number of hydrogen-bond donors (Lipinski definition) is 2. The first-order chi connectivity index (χ1) is 19.0. The average molecular weight is 522 g/mol.